The number of amides is 1. The Labute approximate surface area is 199 Å². The number of nitrogens with one attached hydrogen (secondary N) is 2. The molecule has 0 radical (unpaired) electrons. The fourth-order valence-corrected chi connectivity index (χ4v) is 5.41. The Kier molecular flexibility index (Phi) is 6.45. The maximum absolute atomic E-state index is 15.5. The molecule has 2 N–H and O–H groups in total. The topological polar surface area (TPSA) is 115 Å². The van der Waals surface area contributed by atoms with E-state index < -0.39 is 38.2 Å². The number of ether oxygens (including phenoxy) is 1. The van der Waals surface area contributed by atoms with Gasteiger partial charge in [0, 0.05) is 31.3 Å². The standard InChI is InChI=1S/C21H20ClF2N5O4S/c1-25-20(30)19-15-6-3-11(9-29(15)10-27-19)17-13(23)4-5-14(18(17)24)28-34(31,32)16-7-12(22)8-26-21(16)33-2/h4-5,7-8,10-11,28H,3,6,9H2,1-2H3,(H,25,30)/t11-/m0/s1. The number of methoxy groups -OCH3 is 1. The van der Waals surface area contributed by atoms with Crippen molar-refractivity contribution >= 4 is 33.2 Å². The van der Waals surface area contributed by atoms with E-state index in [0.29, 0.717) is 18.5 Å². The quantitative estimate of drug-likeness (QED) is 0.525. The van der Waals surface area contributed by atoms with Crippen LogP contribution >= 0.6 is 11.6 Å². The average Bonchev–Trinajstić information content (AvgIpc) is 3.24. The number of imidazole rings is 1. The zero-order valence-corrected chi connectivity index (χ0v) is 19.7. The number of hydrogen-bond donors (Lipinski definition) is 2. The summed E-state index contributed by atoms with van der Waals surface area (Å²) in [4.78, 5) is 19.5. The van der Waals surface area contributed by atoms with Gasteiger partial charge in [0.05, 0.1) is 29.8 Å². The van der Waals surface area contributed by atoms with E-state index >= 15 is 4.39 Å². The fourth-order valence-electron chi connectivity index (χ4n) is 3.99. The van der Waals surface area contributed by atoms with Crippen LogP contribution in [0.1, 0.15) is 34.1 Å². The Morgan fingerprint density at radius 3 is 2.76 bits per heavy atom. The number of sulfonamides is 1. The molecule has 1 aliphatic heterocycles. The number of carbonyl (C=O) groups is 1. The van der Waals surface area contributed by atoms with Crippen molar-refractivity contribution < 1.29 is 26.7 Å². The minimum absolute atomic E-state index is 0.0379. The van der Waals surface area contributed by atoms with Gasteiger partial charge in [0.1, 0.15) is 11.5 Å². The van der Waals surface area contributed by atoms with Crippen molar-refractivity contribution in [3.63, 3.8) is 0 Å². The van der Waals surface area contributed by atoms with E-state index in [1.54, 1.807) is 4.57 Å². The van der Waals surface area contributed by atoms with Crippen molar-refractivity contribution in [2.45, 2.75) is 30.2 Å². The van der Waals surface area contributed by atoms with E-state index in [-0.39, 0.29) is 34.6 Å². The van der Waals surface area contributed by atoms with Gasteiger partial charge in [0.2, 0.25) is 5.88 Å². The van der Waals surface area contributed by atoms with Gasteiger partial charge in [-0.15, -0.1) is 0 Å². The summed E-state index contributed by atoms with van der Waals surface area (Å²) in [6.07, 6.45) is 3.37. The van der Waals surface area contributed by atoms with Gasteiger partial charge >= 0.3 is 0 Å². The second-order valence-corrected chi connectivity index (χ2v) is 9.68. The number of aromatic nitrogens is 3. The molecule has 0 saturated heterocycles. The summed E-state index contributed by atoms with van der Waals surface area (Å²) < 4.78 is 64.8. The molecule has 1 amide bonds. The van der Waals surface area contributed by atoms with Gasteiger partial charge in [-0.3, -0.25) is 9.52 Å². The van der Waals surface area contributed by atoms with E-state index in [1.165, 1.54) is 26.7 Å². The number of hydrogen-bond acceptors (Lipinski definition) is 6. The lowest BCUT2D eigenvalue weighted by molar-refractivity contribution is 0.0957. The second-order valence-electron chi connectivity index (χ2n) is 7.60. The molecule has 1 aliphatic rings. The number of rotatable bonds is 6. The molecule has 0 fully saturated rings. The molecule has 34 heavy (non-hydrogen) atoms. The summed E-state index contributed by atoms with van der Waals surface area (Å²) in [5.41, 5.74) is 0.263. The van der Waals surface area contributed by atoms with Crippen LogP contribution in [0.15, 0.2) is 35.6 Å². The molecule has 4 rings (SSSR count). The normalized spacial score (nSPS) is 15.5. The van der Waals surface area contributed by atoms with E-state index in [2.05, 4.69) is 20.0 Å². The van der Waals surface area contributed by atoms with Crippen LogP contribution in [-0.4, -0.2) is 43.0 Å². The Hall–Kier alpha value is -3.25. The Bertz CT molecular complexity index is 1380. The van der Waals surface area contributed by atoms with Crippen molar-refractivity contribution in [1.82, 2.24) is 19.9 Å². The molecular formula is C21H20ClF2N5O4S. The van der Waals surface area contributed by atoms with Gasteiger partial charge in [0.25, 0.3) is 15.9 Å². The Morgan fingerprint density at radius 1 is 1.29 bits per heavy atom. The summed E-state index contributed by atoms with van der Waals surface area (Å²) in [5, 5.41) is 2.55. The van der Waals surface area contributed by atoms with Crippen molar-refractivity contribution in [2.75, 3.05) is 18.9 Å². The van der Waals surface area contributed by atoms with Crippen LogP contribution in [0.3, 0.4) is 0 Å². The maximum Gasteiger partial charge on any atom is 0.271 e. The molecule has 13 heteroatoms. The van der Waals surface area contributed by atoms with Crippen LogP contribution in [0.2, 0.25) is 5.02 Å². The van der Waals surface area contributed by atoms with Gasteiger partial charge in [-0.05, 0) is 31.0 Å². The molecule has 1 atom stereocenters. The third-order valence-electron chi connectivity index (χ3n) is 5.58. The zero-order chi connectivity index (χ0) is 24.6. The fraction of sp³-hybridized carbons (Fsp3) is 0.286. The van der Waals surface area contributed by atoms with E-state index in [9.17, 15) is 17.6 Å². The van der Waals surface area contributed by atoms with Crippen LogP contribution in [-0.2, 0) is 23.0 Å². The van der Waals surface area contributed by atoms with Crippen molar-refractivity contribution in [3.05, 3.63) is 64.3 Å². The predicted molar refractivity (Wildman–Crippen MR) is 120 cm³/mol. The van der Waals surface area contributed by atoms with E-state index in [0.717, 1.165) is 18.2 Å². The lowest BCUT2D eigenvalue weighted by Crippen LogP contribution is -2.25. The summed E-state index contributed by atoms with van der Waals surface area (Å²) in [5.74, 6) is -3.01. The third-order valence-corrected chi connectivity index (χ3v) is 7.15. The highest BCUT2D eigenvalue weighted by atomic mass is 35.5. The summed E-state index contributed by atoms with van der Waals surface area (Å²) in [6, 6.07) is 3.12. The molecule has 180 valence electrons. The smallest absolute Gasteiger partial charge is 0.271 e. The Morgan fingerprint density at radius 2 is 2.06 bits per heavy atom. The van der Waals surface area contributed by atoms with Crippen LogP contribution < -0.4 is 14.8 Å². The molecule has 0 spiro atoms. The first-order chi connectivity index (χ1) is 16.2. The SMILES string of the molecule is CNC(=O)c1ncn2c1CC[C@H](c1c(F)ccc(NS(=O)(=O)c3cc(Cl)cnc3OC)c1F)C2. The Balaban J connectivity index is 1.67. The monoisotopic (exact) mass is 511 g/mol. The molecule has 3 aromatic rings. The van der Waals surface area contributed by atoms with Gasteiger partial charge in [0.15, 0.2) is 10.7 Å². The predicted octanol–water partition coefficient (Wildman–Crippen LogP) is 3.11. The highest BCUT2D eigenvalue weighted by Crippen LogP contribution is 2.36. The van der Waals surface area contributed by atoms with Crippen LogP contribution in [0.25, 0.3) is 0 Å². The number of nitrogens with zero attached hydrogens (tertiary/aromatic N) is 3. The molecular weight excluding hydrogens is 492 g/mol. The molecule has 0 bridgehead atoms. The molecule has 0 saturated carbocycles. The molecule has 2 aromatic heterocycles. The number of carbonyl (C=O) groups excluding carboxylic acids is 1. The highest BCUT2D eigenvalue weighted by molar-refractivity contribution is 7.92. The maximum atomic E-state index is 15.5. The minimum Gasteiger partial charge on any atom is -0.480 e. The van der Waals surface area contributed by atoms with Crippen LogP contribution in [0.4, 0.5) is 14.5 Å². The molecule has 1 aromatic carbocycles. The lowest BCUT2D eigenvalue weighted by atomic mass is 9.89. The summed E-state index contributed by atoms with van der Waals surface area (Å²) in [6.45, 7) is 0.176. The molecule has 0 aliphatic carbocycles. The first-order valence-electron chi connectivity index (χ1n) is 10.1. The van der Waals surface area contributed by atoms with Gasteiger partial charge in [-0.1, -0.05) is 11.6 Å². The van der Waals surface area contributed by atoms with Crippen LogP contribution in [0.5, 0.6) is 5.88 Å². The van der Waals surface area contributed by atoms with Gasteiger partial charge < -0.3 is 14.6 Å². The summed E-state index contributed by atoms with van der Waals surface area (Å²) in [7, 11) is -1.64. The number of pyridine rings is 1. The van der Waals surface area contributed by atoms with Gasteiger partial charge in [-0.2, -0.15) is 0 Å². The van der Waals surface area contributed by atoms with E-state index in [1.807, 2.05) is 0 Å². The number of anilines is 1. The second kappa shape index (κ2) is 9.18. The summed E-state index contributed by atoms with van der Waals surface area (Å²) >= 11 is 5.87. The first-order valence-corrected chi connectivity index (χ1v) is 12.0. The zero-order valence-electron chi connectivity index (χ0n) is 18.1. The lowest BCUT2D eigenvalue weighted by Gasteiger charge is -2.26. The van der Waals surface area contributed by atoms with Gasteiger partial charge in [-0.25, -0.2) is 27.2 Å². The molecule has 9 nitrogen and oxygen atoms in total. The number of fused-ring (bicyclic) bond motifs is 1. The van der Waals surface area contributed by atoms with Crippen molar-refractivity contribution in [1.29, 1.82) is 0 Å². The largest absolute Gasteiger partial charge is 0.480 e. The number of halogens is 3. The van der Waals surface area contributed by atoms with E-state index in [4.69, 9.17) is 16.3 Å². The third kappa shape index (κ3) is 4.30. The van der Waals surface area contributed by atoms with Crippen molar-refractivity contribution in [2.24, 2.45) is 0 Å². The highest BCUT2D eigenvalue weighted by Gasteiger charge is 2.31. The first kappa shape index (κ1) is 23.9. The molecule has 0 unspecified atom stereocenters. The minimum atomic E-state index is -4.36. The number of benzene rings is 1. The van der Waals surface area contributed by atoms with Crippen molar-refractivity contribution in [3.8, 4) is 5.88 Å². The average molecular weight is 512 g/mol. The molecule has 3 heterocycles. The van der Waals surface area contributed by atoms with Crippen LogP contribution in [0, 0.1) is 11.6 Å².